The van der Waals surface area contributed by atoms with Gasteiger partial charge in [-0.3, -0.25) is 4.79 Å². The van der Waals surface area contributed by atoms with Gasteiger partial charge in [-0.2, -0.15) is 0 Å². The molecule has 0 spiro atoms. The molecule has 1 aromatic rings. The van der Waals surface area contributed by atoms with Crippen molar-refractivity contribution >= 4 is 5.78 Å². The highest BCUT2D eigenvalue weighted by molar-refractivity contribution is 5.96. The van der Waals surface area contributed by atoms with E-state index in [0.717, 1.165) is 12.8 Å². The first-order valence-electron chi connectivity index (χ1n) is 7.93. The number of carbonyl (C=O) groups is 1. The summed E-state index contributed by atoms with van der Waals surface area (Å²) in [6, 6.07) is 5.23. The lowest BCUT2D eigenvalue weighted by Crippen LogP contribution is -2.37. The fourth-order valence-electron chi connectivity index (χ4n) is 2.44. The van der Waals surface area contributed by atoms with Crippen LogP contribution < -0.4 is 9.47 Å². The zero-order valence-electron chi connectivity index (χ0n) is 14.4. The summed E-state index contributed by atoms with van der Waals surface area (Å²) in [5.41, 5.74) is 0.677. The predicted octanol–water partition coefficient (Wildman–Crippen LogP) is 3.46. The number of Topliss-reactive ketones (excluding diaryl/α,β-unsaturated/α-hetero) is 1. The SMILES string of the molecule is COc1cc(OC)cc(C(=O)CCCC2OCC(C)(C)CO2)c1. The number of benzene rings is 1. The average molecular weight is 322 g/mol. The molecule has 0 radical (unpaired) electrons. The molecule has 5 heteroatoms. The van der Waals surface area contributed by atoms with Crippen molar-refractivity contribution in [1.82, 2.24) is 0 Å². The van der Waals surface area contributed by atoms with Crippen molar-refractivity contribution in [3.8, 4) is 11.5 Å². The summed E-state index contributed by atoms with van der Waals surface area (Å²) >= 11 is 0. The van der Waals surface area contributed by atoms with E-state index in [9.17, 15) is 4.79 Å². The minimum atomic E-state index is -0.198. The van der Waals surface area contributed by atoms with Crippen LogP contribution in [0.15, 0.2) is 18.2 Å². The summed E-state index contributed by atoms with van der Waals surface area (Å²) in [6.07, 6.45) is 1.70. The smallest absolute Gasteiger partial charge is 0.163 e. The van der Waals surface area contributed by atoms with Gasteiger partial charge in [0.1, 0.15) is 11.5 Å². The third-order valence-corrected chi connectivity index (χ3v) is 3.84. The number of rotatable bonds is 7. The molecule has 0 amide bonds. The van der Waals surface area contributed by atoms with Gasteiger partial charge in [-0.05, 0) is 25.0 Å². The molecular formula is C18H26O5. The average Bonchev–Trinajstić information content (AvgIpc) is 2.55. The van der Waals surface area contributed by atoms with Crippen LogP contribution in [-0.4, -0.2) is 39.5 Å². The van der Waals surface area contributed by atoms with E-state index in [1.54, 1.807) is 32.4 Å². The largest absolute Gasteiger partial charge is 0.497 e. The standard InChI is InChI=1S/C18H26O5/c1-18(2)11-22-17(23-12-18)7-5-6-16(19)13-8-14(20-3)10-15(9-13)21-4/h8-10,17H,5-7,11-12H2,1-4H3. The lowest BCUT2D eigenvalue weighted by molar-refractivity contribution is -0.223. The number of ether oxygens (including phenoxy) is 4. The second-order valence-corrected chi connectivity index (χ2v) is 6.63. The van der Waals surface area contributed by atoms with Gasteiger partial charge in [0.25, 0.3) is 0 Å². The zero-order valence-corrected chi connectivity index (χ0v) is 14.4. The Labute approximate surface area is 137 Å². The van der Waals surface area contributed by atoms with Crippen LogP contribution in [0.5, 0.6) is 11.5 Å². The summed E-state index contributed by atoms with van der Waals surface area (Å²) in [6.45, 7) is 5.61. The molecule has 5 nitrogen and oxygen atoms in total. The highest BCUT2D eigenvalue weighted by atomic mass is 16.7. The Morgan fingerprint density at radius 3 is 2.22 bits per heavy atom. The Kier molecular flexibility index (Phi) is 6.02. The van der Waals surface area contributed by atoms with Gasteiger partial charge < -0.3 is 18.9 Å². The molecule has 128 valence electrons. The molecule has 0 unspecified atom stereocenters. The van der Waals surface area contributed by atoms with Gasteiger partial charge in [-0.15, -0.1) is 0 Å². The van der Waals surface area contributed by atoms with E-state index in [1.807, 2.05) is 0 Å². The Balaban J connectivity index is 1.83. The van der Waals surface area contributed by atoms with Crippen LogP contribution in [0.3, 0.4) is 0 Å². The van der Waals surface area contributed by atoms with Crippen molar-refractivity contribution in [3.63, 3.8) is 0 Å². The Hall–Kier alpha value is -1.59. The molecule has 1 aromatic carbocycles. The molecule has 1 fully saturated rings. The lowest BCUT2D eigenvalue weighted by atomic mass is 9.95. The predicted molar refractivity (Wildman–Crippen MR) is 87.2 cm³/mol. The van der Waals surface area contributed by atoms with E-state index in [-0.39, 0.29) is 17.5 Å². The monoisotopic (exact) mass is 322 g/mol. The number of ketones is 1. The van der Waals surface area contributed by atoms with Crippen molar-refractivity contribution in [1.29, 1.82) is 0 Å². The first-order chi connectivity index (χ1) is 10.9. The van der Waals surface area contributed by atoms with Crippen molar-refractivity contribution in [3.05, 3.63) is 23.8 Å². The molecule has 0 aromatic heterocycles. The van der Waals surface area contributed by atoms with Gasteiger partial charge in [0, 0.05) is 23.5 Å². The fourth-order valence-corrected chi connectivity index (χ4v) is 2.44. The lowest BCUT2D eigenvalue weighted by Gasteiger charge is -2.34. The van der Waals surface area contributed by atoms with Crippen LogP contribution in [0.25, 0.3) is 0 Å². The molecule has 2 rings (SSSR count). The van der Waals surface area contributed by atoms with Gasteiger partial charge in [-0.25, -0.2) is 0 Å². The number of methoxy groups -OCH3 is 2. The summed E-state index contributed by atoms with van der Waals surface area (Å²) in [7, 11) is 3.14. The van der Waals surface area contributed by atoms with Crippen LogP contribution in [0.2, 0.25) is 0 Å². The third kappa shape index (κ3) is 5.22. The number of hydrogen-bond donors (Lipinski definition) is 0. The van der Waals surface area contributed by atoms with E-state index in [2.05, 4.69) is 13.8 Å². The van der Waals surface area contributed by atoms with Crippen LogP contribution >= 0.6 is 0 Å². The second kappa shape index (κ2) is 7.79. The third-order valence-electron chi connectivity index (χ3n) is 3.84. The summed E-state index contributed by atoms with van der Waals surface area (Å²) in [5.74, 6) is 1.31. The number of carbonyl (C=O) groups excluding carboxylic acids is 1. The van der Waals surface area contributed by atoms with Gasteiger partial charge in [0.05, 0.1) is 27.4 Å². The van der Waals surface area contributed by atoms with Crippen LogP contribution in [0.4, 0.5) is 0 Å². The van der Waals surface area contributed by atoms with E-state index in [1.165, 1.54) is 0 Å². The summed E-state index contributed by atoms with van der Waals surface area (Å²) in [5, 5.41) is 0. The van der Waals surface area contributed by atoms with Crippen molar-refractivity contribution in [2.24, 2.45) is 5.41 Å². The van der Waals surface area contributed by atoms with E-state index in [4.69, 9.17) is 18.9 Å². The fraction of sp³-hybridized carbons (Fsp3) is 0.611. The number of hydrogen-bond acceptors (Lipinski definition) is 5. The molecule has 1 heterocycles. The van der Waals surface area contributed by atoms with Gasteiger partial charge in [0.2, 0.25) is 0 Å². The Morgan fingerprint density at radius 2 is 1.70 bits per heavy atom. The van der Waals surface area contributed by atoms with Crippen molar-refractivity contribution < 1.29 is 23.7 Å². The molecule has 0 aliphatic carbocycles. The molecule has 23 heavy (non-hydrogen) atoms. The molecule has 1 saturated heterocycles. The van der Waals surface area contributed by atoms with Crippen molar-refractivity contribution in [2.75, 3.05) is 27.4 Å². The zero-order chi connectivity index (χ0) is 16.9. The molecule has 1 aliphatic heterocycles. The van der Waals surface area contributed by atoms with E-state index in [0.29, 0.717) is 36.7 Å². The van der Waals surface area contributed by atoms with Gasteiger partial charge in [-0.1, -0.05) is 13.8 Å². The highest BCUT2D eigenvalue weighted by Gasteiger charge is 2.28. The molecule has 0 atom stereocenters. The molecule has 1 aliphatic rings. The van der Waals surface area contributed by atoms with E-state index < -0.39 is 0 Å². The maximum absolute atomic E-state index is 12.3. The molecular weight excluding hydrogens is 296 g/mol. The molecule has 0 saturated carbocycles. The maximum Gasteiger partial charge on any atom is 0.163 e. The van der Waals surface area contributed by atoms with Gasteiger partial charge in [0.15, 0.2) is 12.1 Å². The Morgan fingerprint density at radius 1 is 1.13 bits per heavy atom. The quantitative estimate of drug-likeness (QED) is 0.720. The summed E-state index contributed by atoms with van der Waals surface area (Å²) < 4.78 is 21.7. The topological polar surface area (TPSA) is 54.0 Å². The van der Waals surface area contributed by atoms with E-state index >= 15 is 0 Å². The van der Waals surface area contributed by atoms with Crippen LogP contribution in [0.1, 0.15) is 43.5 Å². The second-order valence-electron chi connectivity index (χ2n) is 6.63. The van der Waals surface area contributed by atoms with Crippen molar-refractivity contribution in [2.45, 2.75) is 39.4 Å². The van der Waals surface area contributed by atoms with Crippen LogP contribution in [0, 0.1) is 5.41 Å². The first-order valence-corrected chi connectivity index (χ1v) is 7.93. The first kappa shape index (κ1) is 17.8. The maximum atomic E-state index is 12.3. The Bertz CT molecular complexity index is 506. The van der Waals surface area contributed by atoms with Gasteiger partial charge >= 0.3 is 0 Å². The molecule has 0 N–H and O–H groups in total. The summed E-state index contributed by atoms with van der Waals surface area (Å²) in [4.78, 5) is 12.3. The molecule has 0 bridgehead atoms. The minimum absolute atomic E-state index is 0.0679. The van der Waals surface area contributed by atoms with Crippen LogP contribution in [-0.2, 0) is 9.47 Å². The minimum Gasteiger partial charge on any atom is -0.497 e. The normalized spacial score (nSPS) is 17.7. The highest BCUT2D eigenvalue weighted by Crippen LogP contribution is 2.26.